The lowest BCUT2D eigenvalue weighted by Crippen LogP contribution is -2.63. The van der Waals surface area contributed by atoms with Gasteiger partial charge in [0.1, 0.15) is 24.6 Å². The van der Waals surface area contributed by atoms with Crippen molar-refractivity contribution in [3.8, 4) is 5.75 Å². The molecule has 3 aliphatic heterocycles. The number of hydrogen-bond acceptors (Lipinski definition) is 3. The van der Waals surface area contributed by atoms with E-state index in [4.69, 9.17) is 0 Å². The first-order valence-corrected chi connectivity index (χ1v) is 9.41. The molecule has 2 fully saturated rings. The monoisotopic (exact) mass is 337 g/mol. The van der Waals surface area contributed by atoms with Crippen molar-refractivity contribution >= 4 is 12.0 Å². The number of rotatable bonds is 2. The molecule has 0 radical (unpaired) electrons. The third kappa shape index (κ3) is 1.55. The Morgan fingerprint density at radius 3 is 3.00 bits per heavy atom. The first-order chi connectivity index (χ1) is 12.1. The second-order valence-corrected chi connectivity index (χ2v) is 8.08. The number of anilines is 1. The van der Waals surface area contributed by atoms with Crippen molar-refractivity contribution in [3.63, 3.8) is 0 Å². The number of carbonyl (C=O) groups is 1. The van der Waals surface area contributed by atoms with Gasteiger partial charge in [-0.25, -0.2) is 0 Å². The summed E-state index contributed by atoms with van der Waals surface area (Å²) < 4.78 is 1.11. The molecule has 4 aliphatic rings. The molecular formula is C21H25N2O2+. The van der Waals surface area contributed by atoms with Crippen molar-refractivity contribution in [3.05, 3.63) is 46.7 Å². The van der Waals surface area contributed by atoms with E-state index in [-0.39, 0.29) is 11.3 Å². The van der Waals surface area contributed by atoms with Crippen LogP contribution in [0, 0.1) is 5.92 Å². The highest BCUT2D eigenvalue weighted by atomic mass is 16.3. The lowest BCUT2D eigenvalue weighted by atomic mass is 9.61. The highest BCUT2D eigenvalue weighted by molar-refractivity contribution is 5.85. The van der Waals surface area contributed by atoms with Gasteiger partial charge >= 0.3 is 0 Å². The number of phenolic OH excluding ortho intramolecular Hbond substituents is 1. The third-order valence-corrected chi connectivity index (χ3v) is 7.60. The Bertz CT molecular complexity index is 855. The van der Waals surface area contributed by atoms with Crippen LogP contribution in [-0.2, 0) is 10.2 Å². The second kappa shape index (κ2) is 4.76. The molecule has 1 spiro atoms. The van der Waals surface area contributed by atoms with Gasteiger partial charge < -0.3 is 14.9 Å². The molecule has 4 nitrogen and oxygen atoms in total. The molecule has 2 N–H and O–H groups in total. The van der Waals surface area contributed by atoms with Crippen LogP contribution in [0.25, 0.3) is 0 Å². The van der Waals surface area contributed by atoms with Crippen LogP contribution >= 0.6 is 0 Å². The van der Waals surface area contributed by atoms with E-state index in [0.29, 0.717) is 11.8 Å². The van der Waals surface area contributed by atoms with Crippen LogP contribution in [0.3, 0.4) is 0 Å². The second-order valence-electron chi connectivity index (χ2n) is 8.08. The zero-order valence-electron chi connectivity index (χ0n) is 14.9. The van der Waals surface area contributed by atoms with E-state index < -0.39 is 0 Å². The lowest BCUT2D eigenvalue weighted by Gasteiger charge is -2.53. The standard InChI is InChI=1S/C21H24N2O2/c1-3-13-11-23(4-2)9-8-21-16-6-5-7-17(25)19(16)22-20(21)15(12-24)14(13)10-18(21)23/h3,5-7,12,14,18H,4,8-11H2,1-2H3,(H-,22,24,25)/p+1/b13-3+/t14?,18?,21-,23?/m1/s1. The van der Waals surface area contributed by atoms with E-state index in [1.807, 2.05) is 6.07 Å². The molecular weight excluding hydrogens is 312 g/mol. The van der Waals surface area contributed by atoms with E-state index >= 15 is 0 Å². The van der Waals surface area contributed by atoms with Gasteiger partial charge in [0.2, 0.25) is 0 Å². The van der Waals surface area contributed by atoms with Crippen LogP contribution in [-0.4, -0.2) is 41.6 Å². The van der Waals surface area contributed by atoms with Crippen molar-refractivity contribution in [1.29, 1.82) is 0 Å². The maximum atomic E-state index is 12.1. The van der Waals surface area contributed by atoms with Gasteiger partial charge in [0.25, 0.3) is 0 Å². The predicted molar refractivity (Wildman–Crippen MR) is 97.3 cm³/mol. The van der Waals surface area contributed by atoms with Gasteiger partial charge in [-0.15, -0.1) is 0 Å². The number of quaternary nitrogens is 1. The highest BCUT2D eigenvalue weighted by Crippen LogP contribution is 2.64. The number of aromatic hydroxyl groups is 1. The zero-order chi connectivity index (χ0) is 17.4. The van der Waals surface area contributed by atoms with Gasteiger partial charge in [-0.1, -0.05) is 18.2 Å². The number of aldehydes is 1. The van der Waals surface area contributed by atoms with Crippen molar-refractivity contribution in [2.24, 2.45) is 5.92 Å². The summed E-state index contributed by atoms with van der Waals surface area (Å²) in [6.45, 7) is 7.72. The normalized spacial score (nSPS) is 39.2. The number of carbonyl (C=O) groups excluding carboxylic acids is 1. The van der Waals surface area contributed by atoms with E-state index in [2.05, 4.69) is 31.3 Å². The molecule has 0 aromatic heterocycles. The SMILES string of the molecule is C/C=C1\C[N+]2(CC)CC[C@]34C(=C(C=O)C1CC32)Nc1c(O)cccc14. The molecule has 1 aromatic carbocycles. The van der Waals surface area contributed by atoms with Crippen molar-refractivity contribution in [1.82, 2.24) is 0 Å². The third-order valence-electron chi connectivity index (χ3n) is 7.60. The maximum Gasteiger partial charge on any atom is 0.148 e. The molecule has 4 heteroatoms. The summed E-state index contributed by atoms with van der Waals surface area (Å²) in [6, 6.07) is 6.32. The predicted octanol–water partition coefficient (Wildman–Crippen LogP) is 3.10. The molecule has 2 bridgehead atoms. The molecule has 0 amide bonds. The van der Waals surface area contributed by atoms with Crippen molar-refractivity contribution in [2.75, 3.05) is 25.0 Å². The fourth-order valence-corrected chi connectivity index (χ4v) is 6.43. The van der Waals surface area contributed by atoms with Crippen LogP contribution in [0.5, 0.6) is 5.75 Å². The minimum atomic E-state index is -0.129. The van der Waals surface area contributed by atoms with Crippen molar-refractivity contribution < 1.29 is 14.4 Å². The summed E-state index contributed by atoms with van der Waals surface area (Å²) in [5, 5.41) is 13.9. The van der Waals surface area contributed by atoms with E-state index in [1.165, 1.54) is 11.1 Å². The van der Waals surface area contributed by atoms with Crippen LogP contribution < -0.4 is 5.32 Å². The van der Waals surface area contributed by atoms with Gasteiger partial charge in [-0.05, 0) is 31.1 Å². The van der Waals surface area contributed by atoms with Gasteiger partial charge in [0.15, 0.2) is 0 Å². The van der Waals surface area contributed by atoms with E-state index in [0.717, 1.165) is 60.2 Å². The van der Waals surface area contributed by atoms with E-state index in [9.17, 15) is 9.90 Å². The van der Waals surface area contributed by atoms with E-state index in [1.54, 1.807) is 6.07 Å². The number of benzene rings is 1. The number of phenols is 1. The minimum Gasteiger partial charge on any atom is -0.506 e. The number of para-hydroxylation sites is 1. The largest absolute Gasteiger partial charge is 0.506 e. The topological polar surface area (TPSA) is 49.3 Å². The summed E-state index contributed by atoms with van der Waals surface area (Å²) in [4.78, 5) is 12.1. The molecule has 2 saturated heterocycles. The number of likely N-dealkylation sites (N-methyl/N-ethyl adjacent to an activating group) is 1. The Morgan fingerprint density at radius 1 is 1.44 bits per heavy atom. The summed E-state index contributed by atoms with van der Waals surface area (Å²) >= 11 is 0. The van der Waals surface area contributed by atoms with Crippen LogP contribution in [0.4, 0.5) is 5.69 Å². The van der Waals surface area contributed by atoms with Gasteiger partial charge in [-0.3, -0.25) is 4.79 Å². The Labute approximate surface area is 148 Å². The number of nitrogens with one attached hydrogen (secondary N) is 1. The highest BCUT2D eigenvalue weighted by Gasteiger charge is 2.68. The summed E-state index contributed by atoms with van der Waals surface area (Å²) in [6.07, 6.45) is 5.39. The first-order valence-electron chi connectivity index (χ1n) is 9.41. The van der Waals surface area contributed by atoms with Gasteiger partial charge in [-0.2, -0.15) is 0 Å². The minimum absolute atomic E-state index is 0.129. The average Bonchev–Trinajstić information content (AvgIpc) is 3.17. The quantitative estimate of drug-likeness (QED) is 0.377. The molecule has 1 aromatic rings. The molecule has 0 saturated carbocycles. The maximum absolute atomic E-state index is 12.1. The molecule has 3 heterocycles. The lowest BCUT2D eigenvalue weighted by molar-refractivity contribution is -0.940. The molecule has 1 aliphatic carbocycles. The summed E-state index contributed by atoms with van der Waals surface area (Å²) in [5.74, 6) is 0.525. The Kier molecular flexibility index (Phi) is 2.89. The van der Waals surface area contributed by atoms with Crippen LogP contribution in [0.15, 0.2) is 41.1 Å². The molecule has 5 rings (SSSR count). The van der Waals surface area contributed by atoms with Gasteiger partial charge in [0.05, 0.1) is 24.2 Å². The van der Waals surface area contributed by atoms with Crippen LogP contribution in [0.2, 0.25) is 0 Å². The summed E-state index contributed by atoms with van der Waals surface area (Å²) in [7, 11) is 0. The Balaban J connectivity index is 1.85. The molecule has 3 unspecified atom stereocenters. The summed E-state index contributed by atoms with van der Waals surface area (Å²) in [5.41, 5.74) is 5.29. The Morgan fingerprint density at radius 2 is 2.28 bits per heavy atom. The fourth-order valence-electron chi connectivity index (χ4n) is 6.43. The smallest absolute Gasteiger partial charge is 0.148 e. The number of hydrogen-bond donors (Lipinski definition) is 2. The number of fused-ring (bicyclic) bond motifs is 2. The van der Waals surface area contributed by atoms with Crippen LogP contribution in [0.1, 0.15) is 32.3 Å². The molecule has 25 heavy (non-hydrogen) atoms. The Hall–Kier alpha value is -2.07. The van der Waals surface area contributed by atoms with Gasteiger partial charge in [0, 0.05) is 30.0 Å². The average molecular weight is 337 g/mol. The molecule has 130 valence electrons. The first kappa shape index (κ1) is 15.2. The zero-order valence-corrected chi connectivity index (χ0v) is 14.9. The number of allylic oxidation sites excluding steroid dienone is 2. The number of piperidine rings is 1. The number of nitrogens with zero attached hydrogens (tertiary/aromatic N) is 1. The molecule has 4 atom stereocenters. The van der Waals surface area contributed by atoms with Crippen molar-refractivity contribution in [2.45, 2.75) is 38.1 Å². The fraction of sp³-hybridized carbons (Fsp3) is 0.476.